The zero-order valence-electron chi connectivity index (χ0n) is 5.96. The minimum Gasteiger partial charge on any atom is -0.377 e. The molecule has 11 heavy (non-hydrogen) atoms. The third-order valence-electron chi connectivity index (χ3n) is 1.84. The average molecular weight is 170 g/mol. The van der Waals surface area contributed by atoms with Crippen molar-refractivity contribution in [2.24, 2.45) is 0 Å². The summed E-state index contributed by atoms with van der Waals surface area (Å²) in [6.07, 6.45) is 3.53. The van der Waals surface area contributed by atoms with Gasteiger partial charge < -0.3 is 4.74 Å². The lowest BCUT2D eigenvalue weighted by Crippen LogP contribution is -2.41. The van der Waals surface area contributed by atoms with Gasteiger partial charge in [-0.05, 0) is 11.6 Å². The monoisotopic (exact) mass is 169 g/mol. The van der Waals surface area contributed by atoms with Crippen LogP contribution in [0.15, 0.2) is 24.5 Å². The fourth-order valence-corrected chi connectivity index (χ4v) is 1.34. The molecule has 3 heteroatoms. The van der Waals surface area contributed by atoms with E-state index in [2.05, 4.69) is 4.98 Å². The Morgan fingerprint density at radius 3 is 2.82 bits per heavy atom. The van der Waals surface area contributed by atoms with E-state index >= 15 is 0 Å². The van der Waals surface area contributed by atoms with E-state index in [0.717, 1.165) is 5.56 Å². The molecular weight excluding hydrogens is 162 g/mol. The molecule has 0 radical (unpaired) electrons. The van der Waals surface area contributed by atoms with Crippen molar-refractivity contribution < 1.29 is 4.74 Å². The molecule has 58 valence electrons. The Bertz CT molecular complexity index is 246. The summed E-state index contributed by atoms with van der Waals surface area (Å²) in [7, 11) is 0. The highest BCUT2D eigenvalue weighted by molar-refractivity contribution is 6.24. The molecule has 0 N–H and O–H groups in total. The minimum atomic E-state index is -0.297. The summed E-state index contributed by atoms with van der Waals surface area (Å²) in [5.74, 6) is 0. The first-order valence-electron chi connectivity index (χ1n) is 3.48. The third kappa shape index (κ3) is 1.12. The van der Waals surface area contributed by atoms with Crippen molar-refractivity contribution in [1.29, 1.82) is 0 Å². The zero-order chi connectivity index (χ0) is 7.73. The Labute approximate surface area is 70.2 Å². The van der Waals surface area contributed by atoms with E-state index in [1.165, 1.54) is 0 Å². The summed E-state index contributed by atoms with van der Waals surface area (Å²) in [5, 5.41) is 0. The van der Waals surface area contributed by atoms with Gasteiger partial charge in [-0.15, -0.1) is 11.6 Å². The van der Waals surface area contributed by atoms with Gasteiger partial charge in [0.2, 0.25) is 0 Å². The molecule has 1 fully saturated rings. The molecule has 2 rings (SSSR count). The highest BCUT2D eigenvalue weighted by Gasteiger charge is 2.38. The summed E-state index contributed by atoms with van der Waals surface area (Å²) in [6.45, 7) is 1.19. The normalized spacial score (nSPS) is 20.8. The van der Waals surface area contributed by atoms with Crippen molar-refractivity contribution in [3.63, 3.8) is 0 Å². The van der Waals surface area contributed by atoms with Crippen molar-refractivity contribution in [3.05, 3.63) is 30.1 Å². The SMILES string of the molecule is ClC1(c2cccnc2)COC1. The van der Waals surface area contributed by atoms with Crippen LogP contribution in [0, 0.1) is 0 Å². The molecule has 0 aromatic carbocycles. The first kappa shape index (κ1) is 7.07. The maximum Gasteiger partial charge on any atom is 0.117 e. The molecule has 0 aliphatic carbocycles. The van der Waals surface area contributed by atoms with Crippen LogP contribution in [-0.2, 0) is 9.61 Å². The van der Waals surface area contributed by atoms with Gasteiger partial charge in [-0.3, -0.25) is 4.98 Å². The van der Waals surface area contributed by atoms with Gasteiger partial charge in [-0.1, -0.05) is 6.07 Å². The van der Waals surface area contributed by atoms with Crippen molar-refractivity contribution in [1.82, 2.24) is 4.98 Å². The van der Waals surface area contributed by atoms with Gasteiger partial charge in [-0.25, -0.2) is 0 Å². The second kappa shape index (κ2) is 2.47. The smallest absolute Gasteiger partial charge is 0.117 e. The van der Waals surface area contributed by atoms with Crippen LogP contribution in [0.25, 0.3) is 0 Å². The highest BCUT2D eigenvalue weighted by atomic mass is 35.5. The Morgan fingerprint density at radius 2 is 2.36 bits per heavy atom. The number of nitrogens with zero attached hydrogens (tertiary/aromatic N) is 1. The lowest BCUT2D eigenvalue weighted by Gasteiger charge is -2.35. The number of rotatable bonds is 1. The van der Waals surface area contributed by atoms with Gasteiger partial charge in [0.15, 0.2) is 0 Å². The maximum absolute atomic E-state index is 6.17. The highest BCUT2D eigenvalue weighted by Crippen LogP contribution is 2.35. The van der Waals surface area contributed by atoms with Crippen LogP contribution in [0.5, 0.6) is 0 Å². The summed E-state index contributed by atoms with van der Waals surface area (Å²) in [5.41, 5.74) is 1.05. The van der Waals surface area contributed by atoms with Crippen LogP contribution in [0.3, 0.4) is 0 Å². The Hall–Kier alpha value is -0.600. The number of pyridine rings is 1. The van der Waals surface area contributed by atoms with Crippen LogP contribution < -0.4 is 0 Å². The Balaban J connectivity index is 2.29. The van der Waals surface area contributed by atoms with E-state index in [9.17, 15) is 0 Å². The van der Waals surface area contributed by atoms with Gasteiger partial charge in [0.25, 0.3) is 0 Å². The van der Waals surface area contributed by atoms with E-state index in [0.29, 0.717) is 13.2 Å². The predicted molar refractivity (Wildman–Crippen MR) is 42.6 cm³/mol. The molecule has 1 aliphatic heterocycles. The van der Waals surface area contributed by atoms with Crippen LogP contribution in [0.2, 0.25) is 0 Å². The molecule has 0 bridgehead atoms. The van der Waals surface area contributed by atoms with Gasteiger partial charge in [0.1, 0.15) is 4.87 Å². The Kier molecular flexibility index (Phi) is 1.59. The number of hydrogen-bond donors (Lipinski definition) is 0. The number of alkyl halides is 1. The largest absolute Gasteiger partial charge is 0.377 e. The topological polar surface area (TPSA) is 22.1 Å². The molecule has 1 saturated heterocycles. The van der Waals surface area contributed by atoms with Crippen molar-refractivity contribution in [2.75, 3.05) is 13.2 Å². The number of ether oxygens (including phenoxy) is 1. The van der Waals surface area contributed by atoms with Crippen molar-refractivity contribution >= 4 is 11.6 Å². The molecule has 0 unspecified atom stereocenters. The molecule has 2 heterocycles. The van der Waals surface area contributed by atoms with Crippen LogP contribution in [-0.4, -0.2) is 18.2 Å². The molecule has 0 atom stereocenters. The fourth-order valence-electron chi connectivity index (χ4n) is 1.08. The molecule has 1 aromatic rings. The standard InChI is InChI=1S/C8H8ClNO/c9-8(5-11-6-8)7-2-1-3-10-4-7/h1-4H,5-6H2. The third-order valence-corrected chi connectivity index (χ3v) is 2.28. The second-order valence-corrected chi connectivity index (χ2v) is 3.42. The van der Waals surface area contributed by atoms with E-state index < -0.39 is 0 Å². The number of hydrogen-bond acceptors (Lipinski definition) is 2. The minimum absolute atomic E-state index is 0.297. The second-order valence-electron chi connectivity index (χ2n) is 2.70. The lowest BCUT2D eigenvalue weighted by atomic mass is 9.99. The first-order valence-corrected chi connectivity index (χ1v) is 3.86. The average Bonchev–Trinajstić information content (AvgIpc) is 2.02. The maximum atomic E-state index is 6.17. The van der Waals surface area contributed by atoms with Gasteiger partial charge in [0.05, 0.1) is 13.2 Å². The van der Waals surface area contributed by atoms with Crippen molar-refractivity contribution in [2.45, 2.75) is 4.87 Å². The lowest BCUT2D eigenvalue weighted by molar-refractivity contribution is -0.0153. The Morgan fingerprint density at radius 1 is 1.55 bits per heavy atom. The number of aromatic nitrogens is 1. The summed E-state index contributed by atoms with van der Waals surface area (Å²) in [4.78, 5) is 3.70. The zero-order valence-corrected chi connectivity index (χ0v) is 6.71. The molecule has 1 aromatic heterocycles. The molecule has 1 aliphatic rings. The molecule has 0 amide bonds. The summed E-state index contributed by atoms with van der Waals surface area (Å²) >= 11 is 6.17. The fraction of sp³-hybridized carbons (Fsp3) is 0.375. The van der Waals surface area contributed by atoms with E-state index in [1.54, 1.807) is 12.4 Å². The summed E-state index contributed by atoms with van der Waals surface area (Å²) < 4.78 is 5.03. The van der Waals surface area contributed by atoms with Gasteiger partial charge in [0, 0.05) is 12.4 Å². The first-order chi connectivity index (χ1) is 5.31. The molecule has 2 nitrogen and oxygen atoms in total. The van der Waals surface area contributed by atoms with Gasteiger partial charge in [-0.2, -0.15) is 0 Å². The van der Waals surface area contributed by atoms with E-state index in [1.807, 2.05) is 12.1 Å². The predicted octanol–water partition coefficient (Wildman–Crippen LogP) is 1.55. The van der Waals surface area contributed by atoms with Crippen LogP contribution in [0.4, 0.5) is 0 Å². The molecule has 0 saturated carbocycles. The van der Waals surface area contributed by atoms with Crippen LogP contribution in [0.1, 0.15) is 5.56 Å². The van der Waals surface area contributed by atoms with Gasteiger partial charge >= 0.3 is 0 Å². The quantitative estimate of drug-likeness (QED) is 0.595. The van der Waals surface area contributed by atoms with E-state index in [4.69, 9.17) is 16.3 Å². The molecule has 0 spiro atoms. The molecular formula is C8H8ClNO. The van der Waals surface area contributed by atoms with Crippen molar-refractivity contribution in [3.8, 4) is 0 Å². The number of halogens is 1. The van der Waals surface area contributed by atoms with E-state index in [-0.39, 0.29) is 4.87 Å². The summed E-state index contributed by atoms with van der Waals surface area (Å²) in [6, 6.07) is 3.86. The van der Waals surface area contributed by atoms with Crippen LogP contribution >= 0.6 is 11.6 Å².